The third-order valence-corrected chi connectivity index (χ3v) is 4.87. The third-order valence-electron chi connectivity index (χ3n) is 4.87. The highest BCUT2D eigenvalue weighted by molar-refractivity contribution is 5.75. The second kappa shape index (κ2) is 10.6. The molecule has 1 amide bonds. The highest BCUT2D eigenvalue weighted by Gasteiger charge is 2.18. The Morgan fingerprint density at radius 1 is 1.19 bits per heavy atom. The Labute approximate surface area is 180 Å². The lowest BCUT2D eigenvalue weighted by Crippen LogP contribution is -2.32. The van der Waals surface area contributed by atoms with E-state index in [2.05, 4.69) is 9.97 Å². The van der Waals surface area contributed by atoms with Crippen LogP contribution in [0.5, 0.6) is 5.75 Å². The minimum Gasteiger partial charge on any atom is -0.497 e. The van der Waals surface area contributed by atoms with Crippen molar-refractivity contribution in [2.24, 2.45) is 0 Å². The quantitative estimate of drug-likeness (QED) is 0.536. The SMILES string of the molecule is CCC(=O)N(Cc1nc(COC)c(Cc2cccc(OC)c2)c(=O)[nH]1)Cc1ccco1. The predicted molar refractivity (Wildman–Crippen MR) is 115 cm³/mol. The summed E-state index contributed by atoms with van der Waals surface area (Å²) in [4.78, 5) is 34.4. The summed E-state index contributed by atoms with van der Waals surface area (Å²) in [5.41, 5.74) is 1.75. The second-order valence-electron chi connectivity index (χ2n) is 7.08. The zero-order valence-corrected chi connectivity index (χ0v) is 18.0. The molecule has 3 aromatic rings. The monoisotopic (exact) mass is 425 g/mol. The van der Waals surface area contributed by atoms with E-state index >= 15 is 0 Å². The molecule has 0 saturated carbocycles. The molecule has 0 spiro atoms. The molecule has 164 valence electrons. The van der Waals surface area contributed by atoms with Crippen LogP contribution in [0.2, 0.25) is 0 Å². The van der Waals surface area contributed by atoms with Crippen LogP contribution in [0.3, 0.4) is 0 Å². The van der Waals surface area contributed by atoms with E-state index in [-0.39, 0.29) is 24.6 Å². The Balaban J connectivity index is 1.89. The number of furan rings is 1. The normalized spacial score (nSPS) is 10.8. The molecule has 0 atom stereocenters. The summed E-state index contributed by atoms with van der Waals surface area (Å²) in [5.74, 6) is 1.72. The maximum atomic E-state index is 12.9. The topological polar surface area (TPSA) is 97.7 Å². The molecule has 3 rings (SSSR count). The predicted octanol–water partition coefficient (Wildman–Crippen LogP) is 3.05. The molecule has 0 unspecified atom stereocenters. The van der Waals surface area contributed by atoms with Gasteiger partial charge in [0, 0.05) is 25.5 Å². The van der Waals surface area contributed by atoms with E-state index in [0.717, 1.165) is 11.3 Å². The number of H-pyrrole nitrogens is 1. The number of benzene rings is 1. The molecular formula is C23H27N3O5. The van der Waals surface area contributed by atoms with Crippen LogP contribution in [0.1, 0.15) is 41.8 Å². The average molecular weight is 425 g/mol. The smallest absolute Gasteiger partial charge is 0.254 e. The van der Waals surface area contributed by atoms with Gasteiger partial charge < -0.3 is 23.8 Å². The van der Waals surface area contributed by atoms with Crippen molar-refractivity contribution in [3.8, 4) is 5.75 Å². The van der Waals surface area contributed by atoms with Crippen molar-refractivity contribution in [3.63, 3.8) is 0 Å². The first-order chi connectivity index (χ1) is 15.0. The third kappa shape index (κ3) is 5.82. The zero-order chi connectivity index (χ0) is 22.2. The number of nitrogens with one attached hydrogen (secondary N) is 1. The first-order valence-corrected chi connectivity index (χ1v) is 10.1. The minimum absolute atomic E-state index is 0.0622. The largest absolute Gasteiger partial charge is 0.497 e. The number of aromatic amines is 1. The van der Waals surface area contributed by atoms with E-state index in [4.69, 9.17) is 13.9 Å². The molecule has 0 radical (unpaired) electrons. The lowest BCUT2D eigenvalue weighted by molar-refractivity contribution is -0.132. The van der Waals surface area contributed by atoms with Gasteiger partial charge >= 0.3 is 0 Å². The van der Waals surface area contributed by atoms with Crippen molar-refractivity contribution in [2.45, 2.75) is 39.5 Å². The summed E-state index contributed by atoms with van der Waals surface area (Å²) in [6, 6.07) is 11.1. The fraction of sp³-hybridized carbons (Fsp3) is 0.348. The molecule has 0 aliphatic carbocycles. The Morgan fingerprint density at radius 2 is 2.03 bits per heavy atom. The summed E-state index contributed by atoms with van der Waals surface area (Å²) in [7, 11) is 3.16. The fourth-order valence-corrected chi connectivity index (χ4v) is 3.32. The molecule has 0 saturated heterocycles. The van der Waals surface area contributed by atoms with Crippen LogP contribution < -0.4 is 10.3 Å². The van der Waals surface area contributed by atoms with Crippen molar-refractivity contribution in [1.29, 1.82) is 0 Å². The first kappa shape index (κ1) is 22.3. The number of carbonyl (C=O) groups excluding carboxylic acids is 1. The van der Waals surface area contributed by atoms with Gasteiger partial charge in [-0.25, -0.2) is 4.98 Å². The summed E-state index contributed by atoms with van der Waals surface area (Å²) in [5, 5.41) is 0. The standard InChI is InChI=1S/C23H27N3O5/c1-4-22(27)26(13-18-9-6-10-31-18)14-21-24-20(15-29-2)19(23(28)25-21)12-16-7-5-8-17(11-16)30-3/h5-11H,4,12-15H2,1-3H3,(H,24,25,28). The molecule has 0 fully saturated rings. The molecule has 1 N–H and O–H groups in total. The average Bonchev–Trinajstić information content (AvgIpc) is 3.28. The van der Waals surface area contributed by atoms with Crippen LogP contribution in [0.15, 0.2) is 51.9 Å². The highest BCUT2D eigenvalue weighted by atomic mass is 16.5. The summed E-state index contributed by atoms with van der Waals surface area (Å²) in [6.07, 6.45) is 2.29. The number of methoxy groups -OCH3 is 2. The highest BCUT2D eigenvalue weighted by Crippen LogP contribution is 2.17. The summed E-state index contributed by atoms with van der Waals surface area (Å²) in [6.45, 7) is 2.45. The number of hydrogen-bond acceptors (Lipinski definition) is 6. The number of rotatable bonds is 10. The van der Waals surface area contributed by atoms with Gasteiger partial charge in [0.05, 0.1) is 38.8 Å². The van der Waals surface area contributed by atoms with Crippen LogP contribution in [0.4, 0.5) is 0 Å². The Kier molecular flexibility index (Phi) is 7.61. The second-order valence-corrected chi connectivity index (χ2v) is 7.08. The zero-order valence-electron chi connectivity index (χ0n) is 18.0. The molecule has 8 heteroatoms. The number of nitrogens with zero attached hydrogens (tertiary/aromatic N) is 2. The van der Waals surface area contributed by atoms with Gasteiger partial charge in [0.25, 0.3) is 5.56 Å². The Morgan fingerprint density at radius 3 is 2.71 bits per heavy atom. The maximum absolute atomic E-state index is 12.9. The van der Waals surface area contributed by atoms with Crippen molar-refractivity contribution >= 4 is 5.91 Å². The van der Waals surface area contributed by atoms with Crippen LogP contribution in [0, 0.1) is 0 Å². The number of ether oxygens (including phenoxy) is 2. The molecule has 31 heavy (non-hydrogen) atoms. The molecule has 0 aliphatic heterocycles. The fourth-order valence-electron chi connectivity index (χ4n) is 3.32. The van der Waals surface area contributed by atoms with Crippen LogP contribution >= 0.6 is 0 Å². The molecule has 8 nitrogen and oxygen atoms in total. The lowest BCUT2D eigenvalue weighted by Gasteiger charge is -2.21. The van der Waals surface area contributed by atoms with Gasteiger partial charge in [-0.2, -0.15) is 0 Å². The van der Waals surface area contributed by atoms with Crippen molar-refractivity contribution in [1.82, 2.24) is 14.9 Å². The van der Waals surface area contributed by atoms with Gasteiger partial charge in [-0.05, 0) is 29.8 Å². The van der Waals surface area contributed by atoms with Gasteiger partial charge in [-0.15, -0.1) is 0 Å². The molecule has 1 aromatic carbocycles. The van der Waals surface area contributed by atoms with Crippen molar-refractivity contribution in [2.75, 3.05) is 14.2 Å². The number of aromatic nitrogens is 2. The lowest BCUT2D eigenvalue weighted by atomic mass is 10.0. The van der Waals surface area contributed by atoms with Crippen LogP contribution in [0.25, 0.3) is 0 Å². The molecule has 0 aliphatic rings. The molecule has 2 heterocycles. The van der Waals surface area contributed by atoms with Crippen LogP contribution in [-0.2, 0) is 35.6 Å². The van der Waals surface area contributed by atoms with E-state index in [1.54, 1.807) is 44.4 Å². The maximum Gasteiger partial charge on any atom is 0.254 e. The number of hydrogen-bond donors (Lipinski definition) is 1. The summed E-state index contributed by atoms with van der Waals surface area (Å²) < 4.78 is 15.9. The van der Waals surface area contributed by atoms with E-state index < -0.39 is 0 Å². The molecule has 0 bridgehead atoms. The van der Waals surface area contributed by atoms with Gasteiger partial charge in [0.1, 0.15) is 17.3 Å². The van der Waals surface area contributed by atoms with Crippen molar-refractivity contribution in [3.05, 3.63) is 81.4 Å². The number of carbonyl (C=O) groups is 1. The van der Waals surface area contributed by atoms with E-state index in [1.165, 1.54) is 0 Å². The van der Waals surface area contributed by atoms with Gasteiger partial charge in [0.15, 0.2) is 0 Å². The van der Waals surface area contributed by atoms with Gasteiger partial charge in [-0.3, -0.25) is 9.59 Å². The van der Waals surface area contributed by atoms with Crippen LogP contribution in [-0.4, -0.2) is 35.0 Å². The minimum atomic E-state index is -0.248. The van der Waals surface area contributed by atoms with E-state index in [0.29, 0.717) is 42.2 Å². The number of amides is 1. The Bertz CT molecular complexity index is 1060. The first-order valence-electron chi connectivity index (χ1n) is 10.1. The van der Waals surface area contributed by atoms with Gasteiger partial charge in [0.2, 0.25) is 5.91 Å². The molecule has 2 aromatic heterocycles. The van der Waals surface area contributed by atoms with E-state index in [9.17, 15) is 9.59 Å². The summed E-state index contributed by atoms with van der Waals surface area (Å²) >= 11 is 0. The van der Waals surface area contributed by atoms with E-state index in [1.807, 2.05) is 24.3 Å². The molecular weight excluding hydrogens is 398 g/mol. The Hall–Kier alpha value is -3.39. The van der Waals surface area contributed by atoms with Gasteiger partial charge in [-0.1, -0.05) is 19.1 Å². The van der Waals surface area contributed by atoms with Crippen molar-refractivity contribution < 1.29 is 18.7 Å².